The summed E-state index contributed by atoms with van der Waals surface area (Å²) in [6.45, 7) is 1.81. The van der Waals surface area contributed by atoms with Gasteiger partial charge < -0.3 is 15.8 Å². The first-order valence-corrected chi connectivity index (χ1v) is 7.19. The number of nitrogens with one attached hydrogen (secondary N) is 3. The van der Waals surface area contributed by atoms with Crippen LogP contribution in [0.1, 0.15) is 17.3 Å². The van der Waals surface area contributed by atoms with Crippen LogP contribution in [0, 0.1) is 0 Å². The van der Waals surface area contributed by atoms with E-state index in [2.05, 4.69) is 16.1 Å². The Bertz CT molecular complexity index is 595. The van der Waals surface area contributed by atoms with Gasteiger partial charge in [-0.15, -0.1) is 0 Å². The Morgan fingerprint density at radius 3 is 2.14 bits per heavy atom. The topological polar surface area (TPSA) is 73.4 Å². The largest absolute Gasteiger partial charge is 0.347 e. The van der Waals surface area contributed by atoms with Gasteiger partial charge in [0.15, 0.2) is 0 Å². The molecule has 0 aliphatic heterocycles. The fourth-order valence-corrected chi connectivity index (χ4v) is 2.24. The molecular formula is C17H21N3O2. The van der Waals surface area contributed by atoms with Gasteiger partial charge >= 0.3 is 0 Å². The second-order valence-electron chi connectivity index (χ2n) is 5.10. The number of carbonyl (C=O) groups is 1. The van der Waals surface area contributed by atoms with Crippen LogP contribution < -0.4 is 16.1 Å². The lowest BCUT2D eigenvalue weighted by molar-refractivity contribution is 0.0810. The highest BCUT2D eigenvalue weighted by molar-refractivity contribution is 5.94. The predicted octanol–water partition coefficient (Wildman–Crippen LogP) is 2.00. The molecule has 4 N–H and O–H groups in total. The van der Waals surface area contributed by atoms with Crippen LogP contribution in [0.25, 0.3) is 11.1 Å². The van der Waals surface area contributed by atoms with Crippen molar-refractivity contribution >= 4 is 5.91 Å². The monoisotopic (exact) mass is 299 g/mol. The molecule has 2 rings (SSSR count). The molecule has 5 heteroatoms. The van der Waals surface area contributed by atoms with Crippen LogP contribution in [0.2, 0.25) is 0 Å². The fourth-order valence-electron chi connectivity index (χ4n) is 2.24. The average molecular weight is 299 g/mol. The lowest BCUT2D eigenvalue weighted by Gasteiger charge is -2.22. The maximum Gasteiger partial charge on any atom is 0.251 e. The molecule has 0 aromatic heterocycles. The number of amides is 1. The normalized spacial score (nSPS) is 13.4. The molecule has 0 spiro atoms. The average Bonchev–Trinajstić information content (AvgIpc) is 2.57. The van der Waals surface area contributed by atoms with Crippen LogP contribution in [0.4, 0.5) is 0 Å². The van der Waals surface area contributed by atoms with E-state index in [1.165, 1.54) is 0 Å². The van der Waals surface area contributed by atoms with Crippen molar-refractivity contribution in [3.63, 3.8) is 0 Å². The summed E-state index contributed by atoms with van der Waals surface area (Å²) in [6, 6.07) is 17.2. The Labute approximate surface area is 130 Å². The number of likely N-dealkylation sites (N-methyl/N-ethyl adjacent to an activating group) is 1. The first kappa shape index (κ1) is 16.2. The minimum Gasteiger partial charge on any atom is -0.347 e. The van der Waals surface area contributed by atoms with E-state index in [0.29, 0.717) is 5.56 Å². The lowest BCUT2D eigenvalue weighted by atomic mass is 10.0. The molecule has 0 aliphatic rings. The van der Waals surface area contributed by atoms with Gasteiger partial charge in [0.05, 0.1) is 6.04 Å². The van der Waals surface area contributed by atoms with Crippen LogP contribution in [-0.4, -0.2) is 30.4 Å². The maximum atomic E-state index is 12.2. The summed E-state index contributed by atoms with van der Waals surface area (Å²) in [7, 11) is 1.70. The van der Waals surface area contributed by atoms with Crippen LogP contribution in [-0.2, 0) is 0 Å². The maximum absolute atomic E-state index is 12.2. The SMILES string of the molecule is CNC(NO)C(C)NC(=O)c1ccc(-c2ccccc2)cc1. The Kier molecular flexibility index (Phi) is 5.66. The Morgan fingerprint density at radius 2 is 1.59 bits per heavy atom. The molecule has 22 heavy (non-hydrogen) atoms. The molecule has 0 saturated heterocycles. The molecule has 2 unspecified atom stereocenters. The van der Waals surface area contributed by atoms with Gasteiger partial charge in [0.1, 0.15) is 6.17 Å². The Balaban J connectivity index is 2.05. The zero-order chi connectivity index (χ0) is 15.9. The van der Waals surface area contributed by atoms with E-state index in [9.17, 15) is 4.79 Å². The fraction of sp³-hybridized carbons (Fsp3) is 0.235. The molecule has 0 fully saturated rings. The summed E-state index contributed by atoms with van der Waals surface area (Å²) in [5, 5.41) is 14.7. The summed E-state index contributed by atoms with van der Waals surface area (Å²) in [5.41, 5.74) is 4.87. The zero-order valence-electron chi connectivity index (χ0n) is 12.7. The molecule has 1 amide bonds. The van der Waals surface area contributed by atoms with Crippen molar-refractivity contribution in [3.05, 3.63) is 60.2 Å². The van der Waals surface area contributed by atoms with Gasteiger partial charge in [-0.3, -0.25) is 4.79 Å². The third-order valence-corrected chi connectivity index (χ3v) is 3.56. The number of carbonyl (C=O) groups excluding carboxylic acids is 1. The van der Waals surface area contributed by atoms with Gasteiger partial charge in [-0.25, -0.2) is 0 Å². The number of benzene rings is 2. The molecule has 0 bridgehead atoms. The van der Waals surface area contributed by atoms with Crippen molar-refractivity contribution in [1.82, 2.24) is 16.1 Å². The summed E-state index contributed by atoms with van der Waals surface area (Å²) < 4.78 is 0. The van der Waals surface area contributed by atoms with Crippen molar-refractivity contribution in [2.75, 3.05) is 7.05 Å². The van der Waals surface area contributed by atoms with Gasteiger partial charge in [0.2, 0.25) is 0 Å². The third-order valence-electron chi connectivity index (χ3n) is 3.56. The van der Waals surface area contributed by atoms with E-state index in [-0.39, 0.29) is 11.9 Å². The summed E-state index contributed by atoms with van der Waals surface area (Å²) >= 11 is 0. The summed E-state index contributed by atoms with van der Waals surface area (Å²) in [4.78, 5) is 12.2. The van der Waals surface area contributed by atoms with Crippen molar-refractivity contribution in [2.24, 2.45) is 0 Å². The van der Waals surface area contributed by atoms with Gasteiger partial charge in [-0.1, -0.05) is 42.5 Å². The number of hydrogen-bond donors (Lipinski definition) is 4. The van der Waals surface area contributed by atoms with E-state index in [1.54, 1.807) is 26.1 Å². The smallest absolute Gasteiger partial charge is 0.251 e. The molecule has 2 aromatic carbocycles. The van der Waals surface area contributed by atoms with E-state index in [0.717, 1.165) is 11.1 Å². The first-order chi connectivity index (χ1) is 10.7. The highest BCUT2D eigenvalue weighted by Gasteiger charge is 2.17. The second-order valence-corrected chi connectivity index (χ2v) is 5.10. The molecule has 2 aromatic rings. The molecule has 0 saturated carbocycles. The number of hydroxylamine groups is 1. The standard InChI is InChI=1S/C17H21N3O2/c1-12(16(18-2)20-22)19-17(21)15-10-8-14(9-11-15)13-6-4-3-5-7-13/h3-12,16,18,20,22H,1-2H3,(H,19,21). The second kappa shape index (κ2) is 7.70. The zero-order valence-corrected chi connectivity index (χ0v) is 12.7. The van der Waals surface area contributed by atoms with Gasteiger partial charge in [-0.2, -0.15) is 5.48 Å². The van der Waals surface area contributed by atoms with Gasteiger partial charge in [0, 0.05) is 5.56 Å². The number of hydrogen-bond acceptors (Lipinski definition) is 4. The van der Waals surface area contributed by atoms with Gasteiger partial charge in [0.25, 0.3) is 5.91 Å². The summed E-state index contributed by atoms with van der Waals surface area (Å²) in [6.07, 6.45) is -0.410. The molecule has 0 aliphatic carbocycles. The van der Waals surface area contributed by atoms with Crippen molar-refractivity contribution in [1.29, 1.82) is 0 Å². The molecule has 0 heterocycles. The van der Waals surface area contributed by atoms with E-state index in [4.69, 9.17) is 5.21 Å². The van der Waals surface area contributed by atoms with Crippen molar-refractivity contribution in [3.8, 4) is 11.1 Å². The van der Waals surface area contributed by atoms with Crippen LogP contribution in [0.3, 0.4) is 0 Å². The predicted molar refractivity (Wildman–Crippen MR) is 86.6 cm³/mol. The molecule has 0 radical (unpaired) electrons. The Morgan fingerprint density at radius 1 is 1.00 bits per heavy atom. The van der Waals surface area contributed by atoms with Crippen LogP contribution >= 0.6 is 0 Å². The molecule has 116 valence electrons. The van der Waals surface area contributed by atoms with Crippen molar-refractivity contribution < 1.29 is 10.0 Å². The van der Waals surface area contributed by atoms with E-state index in [1.807, 2.05) is 42.5 Å². The third kappa shape index (κ3) is 3.92. The minimum atomic E-state index is -0.410. The summed E-state index contributed by atoms with van der Waals surface area (Å²) in [5.74, 6) is -0.178. The molecule has 2 atom stereocenters. The highest BCUT2D eigenvalue weighted by atomic mass is 16.5. The lowest BCUT2D eigenvalue weighted by Crippen LogP contribution is -2.53. The van der Waals surface area contributed by atoms with Crippen LogP contribution in [0.5, 0.6) is 0 Å². The quantitative estimate of drug-likeness (QED) is 0.486. The first-order valence-electron chi connectivity index (χ1n) is 7.19. The molecular weight excluding hydrogens is 278 g/mol. The highest BCUT2D eigenvalue weighted by Crippen LogP contribution is 2.19. The van der Waals surface area contributed by atoms with Crippen LogP contribution in [0.15, 0.2) is 54.6 Å². The molecule has 5 nitrogen and oxygen atoms in total. The van der Waals surface area contributed by atoms with Crippen molar-refractivity contribution in [2.45, 2.75) is 19.1 Å². The van der Waals surface area contributed by atoms with E-state index < -0.39 is 6.17 Å². The van der Waals surface area contributed by atoms with Gasteiger partial charge in [-0.05, 0) is 37.2 Å². The van der Waals surface area contributed by atoms with E-state index >= 15 is 0 Å². The minimum absolute atomic E-state index is 0.178. The Hall–Kier alpha value is -2.21. The number of rotatable bonds is 6.